The molecule has 5 nitrogen and oxygen atoms in total. The number of carbonyl (C=O) groups excluding carboxylic acids is 1. The maximum atomic E-state index is 12.8. The average Bonchev–Trinajstić information content (AvgIpc) is 2.48. The molecule has 0 aliphatic heterocycles. The molecule has 0 saturated heterocycles. The first-order valence-corrected chi connectivity index (χ1v) is 6.45. The third kappa shape index (κ3) is 3.99. The van der Waals surface area contributed by atoms with Crippen LogP contribution in [-0.4, -0.2) is 10.8 Å². The highest BCUT2D eigenvalue weighted by Crippen LogP contribution is 2.22. The summed E-state index contributed by atoms with van der Waals surface area (Å²) in [6.45, 7) is 1.62. The summed E-state index contributed by atoms with van der Waals surface area (Å²) >= 11 is 0. The van der Waals surface area contributed by atoms with Crippen molar-refractivity contribution in [2.75, 3.05) is 5.32 Å². The number of nitrogens with zero attached hydrogens (tertiary/aromatic N) is 1. The quantitative estimate of drug-likeness (QED) is 0.531. The molecule has 2 rings (SSSR count). The molecule has 0 spiro atoms. The second kappa shape index (κ2) is 6.62. The van der Waals surface area contributed by atoms with Crippen molar-refractivity contribution in [3.63, 3.8) is 0 Å². The fourth-order valence-corrected chi connectivity index (χ4v) is 1.81. The number of nitro benzene ring substituents is 1. The van der Waals surface area contributed by atoms with Crippen molar-refractivity contribution in [2.45, 2.75) is 6.92 Å². The number of carbonyl (C=O) groups is 1. The van der Waals surface area contributed by atoms with E-state index in [1.165, 1.54) is 42.5 Å². The third-order valence-electron chi connectivity index (χ3n) is 2.97. The van der Waals surface area contributed by atoms with Crippen molar-refractivity contribution >= 4 is 23.4 Å². The lowest BCUT2D eigenvalue weighted by atomic mass is 10.2. The summed E-state index contributed by atoms with van der Waals surface area (Å²) in [5.74, 6) is -0.781. The van der Waals surface area contributed by atoms with Crippen molar-refractivity contribution in [3.05, 3.63) is 75.6 Å². The standard InChI is InChI=1S/C16H13FN2O3/c1-11-2-8-14(10-15(11)19(21)22)18-16(20)9-5-12-3-6-13(17)7-4-12/h2-10H,1H3,(H,18,20)/b9-5-. The predicted octanol–water partition coefficient (Wildman–Crippen LogP) is 3.69. The van der Waals surface area contributed by atoms with Crippen molar-refractivity contribution in [2.24, 2.45) is 0 Å². The number of aryl methyl sites for hydroxylation is 1. The van der Waals surface area contributed by atoms with Crippen molar-refractivity contribution in [1.82, 2.24) is 0 Å². The van der Waals surface area contributed by atoms with E-state index in [1.54, 1.807) is 19.1 Å². The number of nitro groups is 1. The summed E-state index contributed by atoms with van der Waals surface area (Å²) < 4.78 is 12.8. The minimum atomic E-state index is -0.501. The molecule has 0 unspecified atom stereocenters. The van der Waals surface area contributed by atoms with Crippen LogP contribution < -0.4 is 5.32 Å². The van der Waals surface area contributed by atoms with Gasteiger partial charge in [-0.15, -0.1) is 0 Å². The lowest BCUT2D eigenvalue weighted by Gasteiger charge is -2.03. The largest absolute Gasteiger partial charge is 0.322 e. The van der Waals surface area contributed by atoms with Crippen LogP contribution in [0.15, 0.2) is 48.5 Å². The SMILES string of the molecule is Cc1ccc(NC(=O)/C=C\c2ccc(F)cc2)cc1[N+](=O)[O-]. The van der Waals surface area contributed by atoms with Crippen LogP contribution in [0, 0.1) is 22.9 Å². The number of rotatable bonds is 4. The highest BCUT2D eigenvalue weighted by molar-refractivity contribution is 6.02. The molecule has 0 bridgehead atoms. The van der Waals surface area contributed by atoms with Gasteiger partial charge in [-0.05, 0) is 36.8 Å². The van der Waals surface area contributed by atoms with E-state index in [1.807, 2.05) is 0 Å². The molecule has 0 radical (unpaired) electrons. The number of benzene rings is 2. The summed E-state index contributed by atoms with van der Waals surface area (Å²) in [6.07, 6.45) is 2.80. The first-order chi connectivity index (χ1) is 10.5. The van der Waals surface area contributed by atoms with E-state index in [4.69, 9.17) is 0 Å². The molecule has 2 aromatic carbocycles. The Morgan fingerprint density at radius 2 is 1.91 bits per heavy atom. The monoisotopic (exact) mass is 300 g/mol. The Morgan fingerprint density at radius 1 is 1.23 bits per heavy atom. The Morgan fingerprint density at radius 3 is 2.55 bits per heavy atom. The molecule has 112 valence electrons. The van der Waals surface area contributed by atoms with Gasteiger partial charge < -0.3 is 5.32 Å². The molecule has 0 atom stereocenters. The first-order valence-electron chi connectivity index (χ1n) is 6.45. The van der Waals surface area contributed by atoms with Crippen LogP contribution in [0.4, 0.5) is 15.8 Å². The molecule has 0 aliphatic rings. The van der Waals surface area contributed by atoms with Crippen LogP contribution in [-0.2, 0) is 4.79 Å². The van der Waals surface area contributed by atoms with Gasteiger partial charge in [0.2, 0.25) is 5.91 Å². The van der Waals surface area contributed by atoms with Crippen molar-refractivity contribution in [3.8, 4) is 0 Å². The average molecular weight is 300 g/mol. The van der Waals surface area contributed by atoms with Gasteiger partial charge in [0, 0.05) is 23.4 Å². The smallest absolute Gasteiger partial charge is 0.274 e. The number of amides is 1. The molecular formula is C16H13FN2O3. The minimum absolute atomic E-state index is 0.0553. The van der Waals surface area contributed by atoms with Crippen LogP contribution in [0.25, 0.3) is 6.08 Å². The zero-order valence-electron chi connectivity index (χ0n) is 11.7. The lowest BCUT2D eigenvalue weighted by Crippen LogP contribution is -2.08. The van der Waals surface area contributed by atoms with Crippen LogP contribution in [0.2, 0.25) is 0 Å². The summed E-state index contributed by atoms with van der Waals surface area (Å²) in [4.78, 5) is 22.1. The topological polar surface area (TPSA) is 72.2 Å². The Kier molecular flexibility index (Phi) is 4.63. The molecule has 1 N–H and O–H groups in total. The van der Waals surface area contributed by atoms with E-state index in [0.717, 1.165) is 0 Å². The van der Waals surface area contributed by atoms with Crippen LogP contribution >= 0.6 is 0 Å². The van der Waals surface area contributed by atoms with E-state index >= 15 is 0 Å². The zero-order chi connectivity index (χ0) is 16.1. The van der Waals surface area contributed by atoms with Gasteiger partial charge >= 0.3 is 0 Å². The van der Waals surface area contributed by atoms with E-state index in [9.17, 15) is 19.3 Å². The lowest BCUT2D eigenvalue weighted by molar-refractivity contribution is -0.385. The van der Waals surface area contributed by atoms with Gasteiger partial charge in [0.1, 0.15) is 5.82 Å². The molecule has 0 heterocycles. The molecule has 0 aliphatic carbocycles. The molecule has 0 aromatic heterocycles. The second-order valence-corrected chi connectivity index (χ2v) is 4.63. The van der Waals surface area contributed by atoms with E-state index < -0.39 is 10.8 Å². The fourth-order valence-electron chi connectivity index (χ4n) is 1.81. The number of nitrogens with one attached hydrogen (secondary N) is 1. The zero-order valence-corrected chi connectivity index (χ0v) is 11.7. The summed E-state index contributed by atoms with van der Waals surface area (Å²) in [6, 6.07) is 10.1. The van der Waals surface area contributed by atoms with Gasteiger partial charge in [-0.25, -0.2) is 4.39 Å². The number of hydrogen-bond donors (Lipinski definition) is 1. The molecule has 1 amide bonds. The molecule has 22 heavy (non-hydrogen) atoms. The fraction of sp³-hybridized carbons (Fsp3) is 0.0625. The summed E-state index contributed by atoms with van der Waals surface area (Å²) in [5, 5.41) is 13.4. The Balaban J connectivity index is 2.07. The maximum absolute atomic E-state index is 12.8. The van der Waals surface area contributed by atoms with Gasteiger partial charge in [0.15, 0.2) is 0 Å². The molecule has 0 fully saturated rings. The highest BCUT2D eigenvalue weighted by atomic mass is 19.1. The summed E-state index contributed by atoms with van der Waals surface area (Å²) in [5.41, 5.74) is 1.47. The normalized spacial score (nSPS) is 10.6. The highest BCUT2D eigenvalue weighted by Gasteiger charge is 2.11. The van der Waals surface area contributed by atoms with E-state index in [2.05, 4.69) is 5.32 Å². The number of halogens is 1. The first kappa shape index (κ1) is 15.4. The summed E-state index contributed by atoms with van der Waals surface area (Å²) in [7, 11) is 0. The van der Waals surface area contributed by atoms with E-state index in [0.29, 0.717) is 16.8 Å². The third-order valence-corrected chi connectivity index (χ3v) is 2.97. The van der Waals surface area contributed by atoms with Gasteiger partial charge in [0.25, 0.3) is 5.69 Å². The van der Waals surface area contributed by atoms with Gasteiger partial charge in [-0.2, -0.15) is 0 Å². The predicted molar refractivity (Wildman–Crippen MR) is 81.9 cm³/mol. The van der Waals surface area contributed by atoms with Crippen LogP contribution in [0.3, 0.4) is 0 Å². The molecule has 6 heteroatoms. The maximum Gasteiger partial charge on any atom is 0.274 e. The molecule has 2 aromatic rings. The van der Waals surface area contributed by atoms with Gasteiger partial charge in [-0.1, -0.05) is 18.2 Å². The molecule has 0 saturated carbocycles. The van der Waals surface area contributed by atoms with E-state index in [-0.39, 0.29) is 11.5 Å². The second-order valence-electron chi connectivity index (χ2n) is 4.63. The Bertz CT molecular complexity index is 740. The van der Waals surface area contributed by atoms with Gasteiger partial charge in [-0.3, -0.25) is 14.9 Å². The Labute approximate surface area is 126 Å². The van der Waals surface area contributed by atoms with Crippen LogP contribution in [0.5, 0.6) is 0 Å². The Hall–Kier alpha value is -3.02. The minimum Gasteiger partial charge on any atom is -0.322 e. The van der Waals surface area contributed by atoms with Crippen LogP contribution in [0.1, 0.15) is 11.1 Å². The molecular weight excluding hydrogens is 287 g/mol. The van der Waals surface area contributed by atoms with Crippen molar-refractivity contribution < 1.29 is 14.1 Å². The van der Waals surface area contributed by atoms with Crippen molar-refractivity contribution in [1.29, 1.82) is 0 Å². The van der Waals surface area contributed by atoms with Gasteiger partial charge in [0.05, 0.1) is 4.92 Å². The number of hydrogen-bond acceptors (Lipinski definition) is 3. The number of anilines is 1.